The van der Waals surface area contributed by atoms with E-state index >= 15 is 0 Å². The summed E-state index contributed by atoms with van der Waals surface area (Å²) in [6, 6.07) is 6.07. The highest BCUT2D eigenvalue weighted by atomic mass is 16.5. The van der Waals surface area contributed by atoms with Crippen molar-refractivity contribution >= 4 is 12.0 Å². The summed E-state index contributed by atoms with van der Waals surface area (Å²) < 4.78 is 10.3. The van der Waals surface area contributed by atoms with Gasteiger partial charge in [0, 0.05) is 6.42 Å². The molecule has 3 nitrogen and oxygen atoms in total. The van der Waals surface area contributed by atoms with E-state index in [9.17, 15) is 4.79 Å². The van der Waals surface area contributed by atoms with E-state index in [-0.39, 0.29) is 5.97 Å². The highest BCUT2D eigenvalue weighted by Crippen LogP contribution is 2.26. The van der Waals surface area contributed by atoms with E-state index in [1.165, 1.54) is 5.56 Å². The van der Waals surface area contributed by atoms with Gasteiger partial charge < -0.3 is 9.47 Å². The number of esters is 1. The number of carbonyl (C=O) groups is 1. The Morgan fingerprint density at radius 2 is 2.41 bits per heavy atom. The average Bonchev–Trinajstić information content (AvgIpc) is 2.76. The first-order valence-electron chi connectivity index (χ1n) is 5.87. The highest BCUT2D eigenvalue weighted by Gasteiger charge is 2.10. The highest BCUT2D eigenvalue weighted by molar-refractivity contribution is 5.72. The third-order valence-electron chi connectivity index (χ3n) is 2.61. The van der Waals surface area contributed by atoms with Crippen molar-refractivity contribution in [1.82, 2.24) is 0 Å². The molecule has 0 atom stereocenters. The van der Waals surface area contributed by atoms with Gasteiger partial charge in [-0.3, -0.25) is 4.79 Å². The Balaban J connectivity index is 1.95. The molecule has 0 amide bonds. The van der Waals surface area contributed by atoms with E-state index in [0.717, 1.165) is 24.3 Å². The van der Waals surface area contributed by atoms with Crippen molar-refractivity contribution in [2.45, 2.75) is 19.8 Å². The molecular weight excluding hydrogens is 216 g/mol. The van der Waals surface area contributed by atoms with Crippen molar-refractivity contribution in [3.05, 3.63) is 35.4 Å². The number of hydrogen-bond donors (Lipinski definition) is 0. The van der Waals surface area contributed by atoms with Crippen LogP contribution in [-0.2, 0) is 16.0 Å². The van der Waals surface area contributed by atoms with Crippen molar-refractivity contribution < 1.29 is 14.3 Å². The maximum absolute atomic E-state index is 11.1. The van der Waals surface area contributed by atoms with Gasteiger partial charge in [0.1, 0.15) is 5.75 Å². The SMILES string of the molecule is CCOC(=O)CC=Cc1ccc2c(c1)CCO2. The van der Waals surface area contributed by atoms with Gasteiger partial charge in [-0.25, -0.2) is 0 Å². The topological polar surface area (TPSA) is 35.5 Å². The first kappa shape index (κ1) is 11.7. The molecule has 1 aromatic rings. The van der Waals surface area contributed by atoms with E-state index in [2.05, 4.69) is 6.07 Å². The predicted molar refractivity (Wildman–Crippen MR) is 65.9 cm³/mol. The zero-order valence-electron chi connectivity index (χ0n) is 9.94. The molecule has 0 bridgehead atoms. The lowest BCUT2D eigenvalue weighted by Crippen LogP contribution is -2.01. The summed E-state index contributed by atoms with van der Waals surface area (Å²) >= 11 is 0. The molecule has 0 spiro atoms. The molecular formula is C14H16O3. The Labute approximate surface area is 101 Å². The number of benzene rings is 1. The Bertz CT molecular complexity index is 435. The van der Waals surface area contributed by atoms with Crippen LogP contribution < -0.4 is 4.74 Å². The first-order chi connectivity index (χ1) is 8.29. The van der Waals surface area contributed by atoms with Crippen molar-refractivity contribution in [1.29, 1.82) is 0 Å². The quantitative estimate of drug-likeness (QED) is 0.748. The average molecular weight is 232 g/mol. The van der Waals surface area contributed by atoms with Crippen molar-refractivity contribution in [2.24, 2.45) is 0 Å². The summed E-state index contributed by atoms with van der Waals surface area (Å²) in [5, 5.41) is 0. The minimum Gasteiger partial charge on any atom is -0.493 e. The number of rotatable bonds is 4. The van der Waals surface area contributed by atoms with Crippen LogP contribution in [0.3, 0.4) is 0 Å². The predicted octanol–water partition coefficient (Wildman–Crippen LogP) is 2.59. The van der Waals surface area contributed by atoms with E-state index < -0.39 is 0 Å². The molecule has 1 heterocycles. The number of fused-ring (bicyclic) bond motifs is 1. The van der Waals surface area contributed by atoms with Crippen LogP contribution in [0.2, 0.25) is 0 Å². The van der Waals surface area contributed by atoms with Gasteiger partial charge in [-0.15, -0.1) is 0 Å². The van der Waals surface area contributed by atoms with Crippen LogP contribution in [0.15, 0.2) is 24.3 Å². The van der Waals surface area contributed by atoms with Crippen LogP contribution in [0.25, 0.3) is 6.08 Å². The molecule has 0 unspecified atom stereocenters. The summed E-state index contributed by atoms with van der Waals surface area (Å²) in [6.45, 7) is 3.01. The third-order valence-corrected chi connectivity index (χ3v) is 2.61. The zero-order chi connectivity index (χ0) is 12.1. The van der Waals surface area contributed by atoms with Gasteiger partial charge in [0.05, 0.1) is 19.6 Å². The van der Waals surface area contributed by atoms with E-state index in [1.54, 1.807) is 0 Å². The molecule has 0 aliphatic carbocycles. The van der Waals surface area contributed by atoms with E-state index in [4.69, 9.17) is 9.47 Å². The molecule has 17 heavy (non-hydrogen) atoms. The first-order valence-corrected chi connectivity index (χ1v) is 5.87. The fraction of sp³-hybridized carbons (Fsp3) is 0.357. The van der Waals surface area contributed by atoms with Crippen LogP contribution >= 0.6 is 0 Å². The van der Waals surface area contributed by atoms with Gasteiger partial charge in [-0.1, -0.05) is 18.2 Å². The maximum atomic E-state index is 11.1. The number of carbonyl (C=O) groups excluding carboxylic acids is 1. The second-order valence-electron chi connectivity index (χ2n) is 3.88. The van der Waals surface area contributed by atoms with E-state index in [0.29, 0.717) is 13.0 Å². The van der Waals surface area contributed by atoms with Crippen LogP contribution in [0, 0.1) is 0 Å². The van der Waals surface area contributed by atoms with E-state index in [1.807, 2.05) is 31.2 Å². The Kier molecular flexibility index (Phi) is 3.81. The van der Waals surface area contributed by atoms with Crippen molar-refractivity contribution in [2.75, 3.05) is 13.2 Å². The molecule has 1 aromatic carbocycles. The fourth-order valence-electron chi connectivity index (χ4n) is 1.82. The standard InChI is InChI=1S/C14H16O3/c1-2-16-14(15)5-3-4-11-6-7-13-12(10-11)8-9-17-13/h3-4,6-7,10H,2,5,8-9H2,1H3. The Morgan fingerprint density at radius 3 is 3.24 bits per heavy atom. The molecule has 1 aliphatic rings. The number of hydrogen-bond acceptors (Lipinski definition) is 3. The van der Waals surface area contributed by atoms with Gasteiger partial charge in [0.2, 0.25) is 0 Å². The molecule has 0 saturated carbocycles. The molecule has 1 aliphatic heterocycles. The number of ether oxygens (including phenoxy) is 2. The summed E-state index contributed by atoms with van der Waals surface area (Å²) in [5.41, 5.74) is 2.34. The second-order valence-corrected chi connectivity index (χ2v) is 3.88. The van der Waals surface area contributed by atoms with Gasteiger partial charge in [0.15, 0.2) is 0 Å². The molecule has 0 fully saturated rings. The molecule has 90 valence electrons. The van der Waals surface area contributed by atoms with Crippen LogP contribution in [0.5, 0.6) is 5.75 Å². The molecule has 0 radical (unpaired) electrons. The van der Waals surface area contributed by atoms with Crippen LogP contribution in [0.4, 0.5) is 0 Å². The lowest BCUT2D eigenvalue weighted by Gasteiger charge is -2.00. The molecule has 0 saturated heterocycles. The minimum absolute atomic E-state index is 0.187. The smallest absolute Gasteiger partial charge is 0.309 e. The normalized spacial score (nSPS) is 13.5. The van der Waals surface area contributed by atoms with Gasteiger partial charge in [-0.2, -0.15) is 0 Å². The Morgan fingerprint density at radius 1 is 1.53 bits per heavy atom. The monoisotopic (exact) mass is 232 g/mol. The second kappa shape index (κ2) is 5.53. The molecule has 2 rings (SSSR count). The third kappa shape index (κ3) is 3.09. The maximum Gasteiger partial charge on any atom is 0.309 e. The minimum atomic E-state index is -0.187. The fourth-order valence-corrected chi connectivity index (χ4v) is 1.82. The molecule has 0 N–H and O–H groups in total. The molecule has 0 aromatic heterocycles. The zero-order valence-corrected chi connectivity index (χ0v) is 9.94. The largest absolute Gasteiger partial charge is 0.493 e. The lowest BCUT2D eigenvalue weighted by molar-refractivity contribution is -0.142. The Hall–Kier alpha value is -1.77. The summed E-state index contributed by atoms with van der Waals surface area (Å²) in [5.74, 6) is 0.792. The molecule has 3 heteroatoms. The summed E-state index contributed by atoms with van der Waals surface area (Å²) in [7, 11) is 0. The van der Waals surface area contributed by atoms with Crippen molar-refractivity contribution in [3.63, 3.8) is 0 Å². The van der Waals surface area contributed by atoms with Gasteiger partial charge >= 0.3 is 5.97 Å². The van der Waals surface area contributed by atoms with Crippen LogP contribution in [0.1, 0.15) is 24.5 Å². The summed E-state index contributed by atoms with van der Waals surface area (Å²) in [4.78, 5) is 11.1. The van der Waals surface area contributed by atoms with Crippen LogP contribution in [-0.4, -0.2) is 19.2 Å². The van der Waals surface area contributed by atoms with Gasteiger partial charge in [0.25, 0.3) is 0 Å². The van der Waals surface area contributed by atoms with Crippen molar-refractivity contribution in [3.8, 4) is 5.75 Å². The van der Waals surface area contributed by atoms with Gasteiger partial charge in [-0.05, 0) is 30.2 Å². The summed E-state index contributed by atoms with van der Waals surface area (Å²) in [6.07, 6.45) is 5.06. The lowest BCUT2D eigenvalue weighted by atomic mass is 10.1.